The molecule has 25 heavy (non-hydrogen) atoms. The van der Waals surface area contributed by atoms with Crippen molar-refractivity contribution in [2.24, 2.45) is 7.05 Å². The van der Waals surface area contributed by atoms with Crippen molar-refractivity contribution in [2.45, 2.75) is 13.8 Å². The van der Waals surface area contributed by atoms with Crippen LogP contribution in [0.1, 0.15) is 11.4 Å². The second-order valence-electron chi connectivity index (χ2n) is 6.00. The predicted molar refractivity (Wildman–Crippen MR) is 97.7 cm³/mol. The Morgan fingerprint density at radius 1 is 1.12 bits per heavy atom. The normalized spacial score (nSPS) is 11.2. The molecule has 0 atom stereocenters. The number of benzene rings is 1. The SMILES string of the molecule is Cc1cc2c(Nc3c(C)n(C)n(-c4ccccc4)c3=O)ncnc2[nH]1. The van der Waals surface area contributed by atoms with Gasteiger partial charge in [-0.15, -0.1) is 0 Å². The third kappa shape index (κ3) is 2.40. The van der Waals surface area contributed by atoms with E-state index in [4.69, 9.17) is 0 Å². The molecule has 0 bridgehead atoms. The maximum atomic E-state index is 13.0. The van der Waals surface area contributed by atoms with Crippen molar-refractivity contribution in [2.75, 3.05) is 5.32 Å². The summed E-state index contributed by atoms with van der Waals surface area (Å²) >= 11 is 0. The molecule has 2 N–H and O–H groups in total. The minimum atomic E-state index is -0.120. The van der Waals surface area contributed by atoms with Gasteiger partial charge in [0.15, 0.2) is 0 Å². The van der Waals surface area contributed by atoms with Gasteiger partial charge in [-0.3, -0.25) is 9.48 Å². The van der Waals surface area contributed by atoms with E-state index in [1.54, 1.807) is 4.68 Å². The number of aromatic amines is 1. The molecular weight excluding hydrogens is 316 g/mol. The van der Waals surface area contributed by atoms with Crippen molar-refractivity contribution in [1.82, 2.24) is 24.3 Å². The Morgan fingerprint density at radius 3 is 2.64 bits per heavy atom. The van der Waals surface area contributed by atoms with Crippen molar-refractivity contribution in [3.63, 3.8) is 0 Å². The molecule has 3 heterocycles. The van der Waals surface area contributed by atoms with Gasteiger partial charge in [-0.1, -0.05) is 18.2 Å². The Kier molecular flexibility index (Phi) is 3.42. The van der Waals surface area contributed by atoms with E-state index in [1.165, 1.54) is 6.33 Å². The highest BCUT2D eigenvalue weighted by Crippen LogP contribution is 2.24. The lowest BCUT2D eigenvalue weighted by atomic mass is 10.3. The Balaban J connectivity index is 1.85. The number of hydrogen-bond acceptors (Lipinski definition) is 4. The summed E-state index contributed by atoms with van der Waals surface area (Å²) in [6.45, 7) is 3.87. The topological polar surface area (TPSA) is 80.5 Å². The summed E-state index contributed by atoms with van der Waals surface area (Å²) in [6, 6.07) is 11.5. The van der Waals surface area contributed by atoms with E-state index in [1.807, 2.05) is 62.0 Å². The van der Waals surface area contributed by atoms with Gasteiger partial charge in [-0.25, -0.2) is 14.6 Å². The fourth-order valence-electron chi connectivity index (χ4n) is 3.00. The molecule has 4 rings (SSSR count). The van der Waals surface area contributed by atoms with Crippen molar-refractivity contribution in [1.29, 1.82) is 0 Å². The van der Waals surface area contributed by atoms with E-state index in [0.29, 0.717) is 11.5 Å². The monoisotopic (exact) mass is 334 g/mol. The van der Waals surface area contributed by atoms with E-state index in [2.05, 4.69) is 20.3 Å². The van der Waals surface area contributed by atoms with Gasteiger partial charge in [-0.05, 0) is 32.0 Å². The van der Waals surface area contributed by atoms with Gasteiger partial charge >= 0.3 is 0 Å². The lowest BCUT2D eigenvalue weighted by molar-refractivity contribution is 0.630. The summed E-state index contributed by atoms with van der Waals surface area (Å²) in [5.41, 5.74) is 3.76. The minimum absolute atomic E-state index is 0.120. The van der Waals surface area contributed by atoms with Crippen molar-refractivity contribution >= 4 is 22.5 Å². The quantitative estimate of drug-likeness (QED) is 0.604. The molecule has 126 valence electrons. The van der Waals surface area contributed by atoms with Crippen LogP contribution >= 0.6 is 0 Å². The van der Waals surface area contributed by atoms with E-state index >= 15 is 0 Å². The number of nitrogens with zero attached hydrogens (tertiary/aromatic N) is 4. The summed E-state index contributed by atoms with van der Waals surface area (Å²) in [7, 11) is 1.87. The predicted octanol–water partition coefficient (Wildman–Crippen LogP) is 2.81. The number of para-hydroxylation sites is 1. The second-order valence-corrected chi connectivity index (χ2v) is 6.00. The van der Waals surface area contributed by atoms with E-state index in [9.17, 15) is 4.79 Å². The molecule has 7 heteroatoms. The van der Waals surface area contributed by atoms with Crippen LogP contribution in [0.15, 0.2) is 47.5 Å². The summed E-state index contributed by atoms with van der Waals surface area (Å²) < 4.78 is 3.47. The molecule has 0 unspecified atom stereocenters. The number of hydrogen-bond donors (Lipinski definition) is 2. The summed E-state index contributed by atoms with van der Waals surface area (Å²) in [4.78, 5) is 24.7. The van der Waals surface area contributed by atoms with Crippen LogP contribution in [0, 0.1) is 13.8 Å². The summed E-state index contributed by atoms with van der Waals surface area (Å²) in [5.74, 6) is 0.611. The average Bonchev–Trinajstić information content (AvgIpc) is 3.09. The first-order valence-electron chi connectivity index (χ1n) is 7.97. The van der Waals surface area contributed by atoms with Crippen molar-refractivity contribution in [3.05, 3.63) is 64.5 Å². The third-order valence-corrected chi connectivity index (χ3v) is 4.36. The molecule has 7 nitrogen and oxygen atoms in total. The molecule has 1 aromatic carbocycles. The Hall–Kier alpha value is -3.35. The zero-order valence-electron chi connectivity index (χ0n) is 14.2. The standard InChI is InChI=1S/C18H18N6O/c1-11-9-14-16(21-11)19-10-20-17(14)22-15-12(2)23(3)24(18(15)25)13-7-5-4-6-8-13/h4-10H,1-3H3,(H2,19,20,21,22). The summed E-state index contributed by atoms with van der Waals surface area (Å²) in [5, 5.41) is 4.06. The first-order valence-corrected chi connectivity index (χ1v) is 7.97. The number of nitrogens with one attached hydrogen (secondary N) is 2. The van der Waals surface area contributed by atoms with Crippen LogP contribution in [0.5, 0.6) is 0 Å². The molecular formula is C18H18N6O. The van der Waals surface area contributed by atoms with Crippen LogP contribution in [-0.2, 0) is 7.05 Å². The van der Waals surface area contributed by atoms with Gasteiger partial charge in [0.25, 0.3) is 5.56 Å². The molecule has 0 aliphatic heterocycles. The molecule has 0 aliphatic carbocycles. The third-order valence-electron chi connectivity index (χ3n) is 4.36. The lowest BCUT2D eigenvalue weighted by Crippen LogP contribution is -2.20. The van der Waals surface area contributed by atoms with Crippen LogP contribution in [0.4, 0.5) is 11.5 Å². The number of anilines is 2. The number of aryl methyl sites for hydroxylation is 1. The Morgan fingerprint density at radius 2 is 1.88 bits per heavy atom. The zero-order chi connectivity index (χ0) is 17.6. The molecule has 0 saturated heterocycles. The fraction of sp³-hybridized carbons (Fsp3) is 0.167. The van der Waals surface area contributed by atoms with Gasteiger partial charge in [0.05, 0.1) is 16.8 Å². The van der Waals surface area contributed by atoms with Crippen LogP contribution < -0.4 is 10.9 Å². The highest BCUT2D eigenvalue weighted by molar-refractivity contribution is 5.89. The van der Waals surface area contributed by atoms with Gasteiger partial charge in [0.2, 0.25) is 0 Å². The van der Waals surface area contributed by atoms with Crippen LogP contribution in [0.2, 0.25) is 0 Å². The van der Waals surface area contributed by atoms with E-state index in [0.717, 1.165) is 28.1 Å². The van der Waals surface area contributed by atoms with Gasteiger partial charge < -0.3 is 10.3 Å². The minimum Gasteiger partial charge on any atom is -0.343 e. The van der Waals surface area contributed by atoms with E-state index in [-0.39, 0.29) is 5.56 Å². The lowest BCUT2D eigenvalue weighted by Gasteiger charge is -2.07. The zero-order valence-corrected chi connectivity index (χ0v) is 14.2. The number of fused-ring (bicyclic) bond motifs is 1. The maximum Gasteiger partial charge on any atom is 0.295 e. The van der Waals surface area contributed by atoms with Crippen molar-refractivity contribution in [3.8, 4) is 5.69 Å². The first kappa shape index (κ1) is 15.2. The Bertz CT molecular complexity index is 1120. The summed E-state index contributed by atoms with van der Waals surface area (Å²) in [6.07, 6.45) is 1.48. The molecule has 0 radical (unpaired) electrons. The van der Waals surface area contributed by atoms with Crippen LogP contribution in [0.3, 0.4) is 0 Å². The van der Waals surface area contributed by atoms with E-state index < -0.39 is 0 Å². The Labute approximate surface area is 143 Å². The van der Waals surface area contributed by atoms with Gasteiger partial charge in [0.1, 0.15) is 23.5 Å². The number of H-pyrrole nitrogens is 1. The molecule has 0 fully saturated rings. The largest absolute Gasteiger partial charge is 0.343 e. The molecule has 3 aromatic heterocycles. The van der Waals surface area contributed by atoms with Gasteiger partial charge in [-0.2, -0.15) is 0 Å². The molecule has 0 saturated carbocycles. The number of rotatable bonds is 3. The second kappa shape index (κ2) is 5.62. The highest BCUT2D eigenvalue weighted by Gasteiger charge is 2.17. The first-order chi connectivity index (χ1) is 12.1. The smallest absolute Gasteiger partial charge is 0.295 e. The fourth-order valence-corrected chi connectivity index (χ4v) is 3.00. The molecule has 0 spiro atoms. The number of aromatic nitrogens is 5. The molecule has 4 aromatic rings. The van der Waals surface area contributed by atoms with Gasteiger partial charge in [0, 0.05) is 12.7 Å². The molecule has 0 aliphatic rings. The van der Waals surface area contributed by atoms with Crippen LogP contribution in [-0.4, -0.2) is 24.3 Å². The average molecular weight is 334 g/mol. The molecule has 0 amide bonds. The van der Waals surface area contributed by atoms with Crippen LogP contribution in [0.25, 0.3) is 16.7 Å². The van der Waals surface area contributed by atoms with Crippen molar-refractivity contribution < 1.29 is 0 Å². The highest BCUT2D eigenvalue weighted by atomic mass is 16.1. The maximum absolute atomic E-state index is 13.0.